The molecule has 8 heteroatoms. The predicted octanol–water partition coefficient (Wildman–Crippen LogP) is 2.38. The van der Waals surface area contributed by atoms with Crippen LogP contribution in [0.25, 0.3) is 0 Å². The van der Waals surface area contributed by atoms with Crippen LogP contribution < -0.4 is 4.72 Å². The van der Waals surface area contributed by atoms with Gasteiger partial charge in [-0.25, -0.2) is 17.5 Å². The number of hydrogen-bond acceptors (Lipinski definition) is 2. The number of alkyl halides is 3. The van der Waals surface area contributed by atoms with E-state index in [1.54, 1.807) is 13.0 Å². The van der Waals surface area contributed by atoms with Crippen LogP contribution in [0.4, 0.5) is 17.6 Å². The Labute approximate surface area is 102 Å². The number of hydrogen-bond donors (Lipinski definition) is 1. The van der Waals surface area contributed by atoms with Crippen LogP contribution in [-0.2, 0) is 16.6 Å². The fourth-order valence-electron chi connectivity index (χ4n) is 1.42. The molecule has 1 aromatic rings. The van der Waals surface area contributed by atoms with Gasteiger partial charge in [0, 0.05) is 12.1 Å². The normalized spacial score (nSPS) is 12.8. The lowest BCUT2D eigenvalue weighted by molar-refractivity contribution is -0.0448. The van der Waals surface area contributed by atoms with Crippen LogP contribution in [0.1, 0.15) is 16.7 Å². The molecule has 1 N–H and O–H groups in total. The average molecular weight is 285 g/mol. The maximum absolute atomic E-state index is 13.5. The van der Waals surface area contributed by atoms with Gasteiger partial charge >= 0.3 is 15.5 Å². The number of rotatable bonds is 3. The standard InChI is InChI=1S/C10H11F4NO2S/c1-6-3-7(2)8(9(11)4-6)5-15-18(16,17)10(12,13)14/h3-4,15H,5H2,1-2H3. The second kappa shape index (κ2) is 4.85. The molecule has 0 unspecified atom stereocenters. The second-order valence-electron chi connectivity index (χ2n) is 3.81. The van der Waals surface area contributed by atoms with Gasteiger partial charge in [-0.3, -0.25) is 0 Å². The van der Waals surface area contributed by atoms with Crippen molar-refractivity contribution < 1.29 is 26.0 Å². The van der Waals surface area contributed by atoms with Crippen molar-refractivity contribution in [2.24, 2.45) is 0 Å². The van der Waals surface area contributed by atoms with Crippen LogP contribution in [0, 0.1) is 19.7 Å². The summed E-state index contributed by atoms with van der Waals surface area (Å²) in [6.45, 7) is 2.38. The molecule has 0 bridgehead atoms. The summed E-state index contributed by atoms with van der Waals surface area (Å²) in [6.07, 6.45) is 0. The van der Waals surface area contributed by atoms with Crippen molar-refractivity contribution in [3.63, 3.8) is 0 Å². The van der Waals surface area contributed by atoms with Crippen molar-refractivity contribution in [3.8, 4) is 0 Å². The highest BCUT2D eigenvalue weighted by atomic mass is 32.2. The first-order valence-electron chi connectivity index (χ1n) is 4.86. The van der Waals surface area contributed by atoms with Gasteiger partial charge < -0.3 is 0 Å². The molecule has 1 aromatic carbocycles. The molecule has 0 atom stereocenters. The molecule has 0 saturated heterocycles. The second-order valence-corrected chi connectivity index (χ2v) is 5.57. The van der Waals surface area contributed by atoms with Crippen LogP contribution in [-0.4, -0.2) is 13.9 Å². The fraction of sp³-hybridized carbons (Fsp3) is 0.400. The van der Waals surface area contributed by atoms with Crippen molar-refractivity contribution in [2.75, 3.05) is 0 Å². The molecule has 1 rings (SSSR count). The van der Waals surface area contributed by atoms with E-state index < -0.39 is 27.9 Å². The van der Waals surface area contributed by atoms with E-state index in [1.165, 1.54) is 11.6 Å². The van der Waals surface area contributed by atoms with Gasteiger partial charge in [0.1, 0.15) is 5.82 Å². The molecular weight excluding hydrogens is 274 g/mol. The van der Waals surface area contributed by atoms with Gasteiger partial charge in [-0.1, -0.05) is 6.07 Å². The molecule has 0 heterocycles. The van der Waals surface area contributed by atoms with E-state index in [4.69, 9.17) is 0 Å². The summed E-state index contributed by atoms with van der Waals surface area (Å²) in [4.78, 5) is 0. The topological polar surface area (TPSA) is 46.2 Å². The molecule has 0 aliphatic rings. The largest absolute Gasteiger partial charge is 0.511 e. The predicted molar refractivity (Wildman–Crippen MR) is 57.7 cm³/mol. The third-order valence-electron chi connectivity index (χ3n) is 2.31. The molecule has 0 aliphatic heterocycles. The minimum absolute atomic E-state index is 0.103. The Morgan fingerprint density at radius 2 is 1.78 bits per heavy atom. The highest BCUT2D eigenvalue weighted by Crippen LogP contribution is 2.23. The van der Waals surface area contributed by atoms with Gasteiger partial charge in [0.25, 0.3) is 0 Å². The summed E-state index contributed by atoms with van der Waals surface area (Å²) in [5.41, 5.74) is -4.51. The third kappa shape index (κ3) is 3.20. The molecule has 0 saturated carbocycles. The zero-order chi connectivity index (χ0) is 14.1. The lowest BCUT2D eigenvalue weighted by atomic mass is 10.1. The number of halogens is 4. The zero-order valence-corrected chi connectivity index (χ0v) is 10.4. The Kier molecular flexibility index (Phi) is 4.02. The first kappa shape index (κ1) is 14.9. The summed E-state index contributed by atoms with van der Waals surface area (Å²) < 4.78 is 72.5. The molecule has 102 valence electrons. The Hall–Kier alpha value is -1.15. The maximum Gasteiger partial charge on any atom is 0.511 e. The van der Waals surface area contributed by atoms with Crippen molar-refractivity contribution >= 4 is 10.0 Å². The fourth-order valence-corrected chi connectivity index (χ4v) is 1.92. The van der Waals surface area contributed by atoms with Crippen molar-refractivity contribution in [2.45, 2.75) is 25.9 Å². The molecule has 0 radical (unpaired) electrons. The quantitative estimate of drug-likeness (QED) is 0.867. The number of nitrogens with one attached hydrogen (secondary N) is 1. The Balaban J connectivity index is 2.96. The Morgan fingerprint density at radius 3 is 2.22 bits per heavy atom. The van der Waals surface area contributed by atoms with Gasteiger partial charge in [-0.2, -0.15) is 13.2 Å². The summed E-state index contributed by atoms with van der Waals surface area (Å²) in [5, 5.41) is 0. The van der Waals surface area contributed by atoms with E-state index in [0.717, 1.165) is 6.07 Å². The Morgan fingerprint density at radius 1 is 1.22 bits per heavy atom. The zero-order valence-electron chi connectivity index (χ0n) is 9.60. The highest BCUT2D eigenvalue weighted by molar-refractivity contribution is 7.90. The average Bonchev–Trinajstić information content (AvgIpc) is 2.13. The van der Waals surface area contributed by atoms with E-state index in [1.807, 2.05) is 0 Å². The molecule has 3 nitrogen and oxygen atoms in total. The van der Waals surface area contributed by atoms with E-state index in [9.17, 15) is 26.0 Å². The molecule has 18 heavy (non-hydrogen) atoms. The minimum atomic E-state index is -5.46. The van der Waals surface area contributed by atoms with Crippen LogP contribution in [0.3, 0.4) is 0 Å². The molecule has 0 aromatic heterocycles. The van der Waals surface area contributed by atoms with E-state index in [0.29, 0.717) is 11.1 Å². The molecular formula is C10H11F4NO2S. The molecule has 0 fully saturated rings. The first-order valence-corrected chi connectivity index (χ1v) is 6.34. The van der Waals surface area contributed by atoms with Gasteiger partial charge in [0.05, 0.1) is 0 Å². The number of sulfonamides is 1. The Bertz CT molecular complexity index is 528. The SMILES string of the molecule is Cc1cc(C)c(CNS(=O)(=O)C(F)(F)F)c(F)c1. The van der Waals surface area contributed by atoms with Crippen molar-refractivity contribution in [1.82, 2.24) is 4.72 Å². The summed E-state index contributed by atoms with van der Waals surface area (Å²) in [5.74, 6) is -0.739. The van der Waals surface area contributed by atoms with Gasteiger partial charge in [-0.05, 0) is 31.0 Å². The number of aryl methyl sites for hydroxylation is 2. The third-order valence-corrected chi connectivity index (χ3v) is 3.44. The van der Waals surface area contributed by atoms with E-state index in [2.05, 4.69) is 0 Å². The lowest BCUT2D eigenvalue weighted by Crippen LogP contribution is -2.36. The van der Waals surface area contributed by atoms with Crippen LogP contribution in [0.15, 0.2) is 12.1 Å². The highest BCUT2D eigenvalue weighted by Gasteiger charge is 2.45. The maximum atomic E-state index is 13.5. The van der Waals surface area contributed by atoms with Crippen molar-refractivity contribution in [1.29, 1.82) is 0 Å². The smallest absolute Gasteiger partial charge is 0.207 e. The number of benzene rings is 1. The van der Waals surface area contributed by atoms with E-state index >= 15 is 0 Å². The monoisotopic (exact) mass is 285 g/mol. The first-order chi connectivity index (χ1) is 8.04. The summed E-state index contributed by atoms with van der Waals surface area (Å²) in [7, 11) is -5.46. The summed E-state index contributed by atoms with van der Waals surface area (Å²) in [6, 6.07) is 2.69. The van der Waals surface area contributed by atoms with Gasteiger partial charge in [0.15, 0.2) is 0 Å². The van der Waals surface area contributed by atoms with Gasteiger partial charge in [0.2, 0.25) is 0 Å². The minimum Gasteiger partial charge on any atom is -0.207 e. The van der Waals surface area contributed by atoms with Gasteiger partial charge in [-0.15, -0.1) is 0 Å². The summed E-state index contributed by atoms with van der Waals surface area (Å²) >= 11 is 0. The van der Waals surface area contributed by atoms with Crippen LogP contribution in [0.2, 0.25) is 0 Å². The molecule has 0 aliphatic carbocycles. The van der Waals surface area contributed by atoms with Crippen LogP contribution in [0.5, 0.6) is 0 Å². The lowest BCUT2D eigenvalue weighted by Gasteiger charge is -2.12. The van der Waals surface area contributed by atoms with Crippen LogP contribution >= 0.6 is 0 Å². The van der Waals surface area contributed by atoms with Crippen molar-refractivity contribution in [3.05, 3.63) is 34.6 Å². The van der Waals surface area contributed by atoms with E-state index in [-0.39, 0.29) is 5.56 Å². The molecule has 0 amide bonds. The molecule has 0 spiro atoms.